The minimum Gasteiger partial charge on any atom is -0.343 e. The minimum atomic E-state index is -0.764. The Bertz CT molecular complexity index is 496. The largest absolute Gasteiger partial charge is 0.343 e. The fraction of sp³-hybridized carbons (Fsp3) is 0.500. The summed E-state index contributed by atoms with van der Waals surface area (Å²) in [5.41, 5.74) is 0.493. The first-order chi connectivity index (χ1) is 9.43. The van der Waals surface area contributed by atoms with Gasteiger partial charge in [-0.15, -0.1) is 0 Å². The first-order valence-corrected chi connectivity index (χ1v) is 7.09. The molecule has 1 unspecified atom stereocenters. The standard InChI is InChI=1S/C16H22N2O2/c1-12-14(19)18(16(2,3)15(20)17-12)11-7-10-13-8-5-4-6-9-13/h4-6,8-9,12H,7,10-11H2,1-3H3,(H,17,20). The smallest absolute Gasteiger partial charge is 0.246 e. The molecule has 2 amide bonds. The van der Waals surface area contributed by atoms with Gasteiger partial charge in [0.15, 0.2) is 0 Å². The number of aryl methyl sites for hydroxylation is 1. The van der Waals surface area contributed by atoms with Crippen LogP contribution in [0, 0.1) is 0 Å². The minimum absolute atomic E-state index is 0.00246. The highest BCUT2D eigenvalue weighted by Gasteiger charge is 2.44. The molecule has 20 heavy (non-hydrogen) atoms. The highest BCUT2D eigenvalue weighted by atomic mass is 16.2. The number of carbonyl (C=O) groups excluding carboxylic acids is 2. The zero-order valence-corrected chi connectivity index (χ0v) is 12.3. The maximum Gasteiger partial charge on any atom is 0.246 e. The van der Waals surface area contributed by atoms with Gasteiger partial charge in [-0.2, -0.15) is 0 Å². The van der Waals surface area contributed by atoms with Crippen molar-refractivity contribution in [2.24, 2.45) is 0 Å². The van der Waals surface area contributed by atoms with Gasteiger partial charge in [0, 0.05) is 6.54 Å². The van der Waals surface area contributed by atoms with Crippen LogP contribution in [-0.2, 0) is 16.0 Å². The van der Waals surface area contributed by atoms with E-state index in [1.165, 1.54) is 5.56 Å². The monoisotopic (exact) mass is 274 g/mol. The van der Waals surface area contributed by atoms with Gasteiger partial charge >= 0.3 is 0 Å². The van der Waals surface area contributed by atoms with E-state index >= 15 is 0 Å². The number of nitrogens with zero attached hydrogens (tertiary/aromatic N) is 1. The average molecular weight is 274 g/mol. The summed E-state index contributed by atoms with van der Waals surface area (Å²) in [6, 6.07) is 9.76. The van der Waals surface area contributed by atoms with Crippen molar-refractivity contribution < 1.29 is 9.59 Å². The van der Waals surface area contributed by atoms with Gasteiger partial charge in [0.25, 0.3) is 0 Å². The molecule has 1 saturated heterocycles. The molecule has 1 fully saturated rings. The zero-order chi connectivity index (χ0) is 14.8. The third-order valence-corrected chi connectivity index (χ3v) is 3.90. The summed E-state index contributed by atoms with van der Waals surface area (Å²) in [6.45, 7) is 5.95. The quantitative estimate of drug-likeness (QED) is 0.909. The van der Waals surface area contributed by atoms with Gasteiger partial charge in [0.2, 0.25) is 11.8 Å². The molecule has 1 aromatic carbocycles. The van der Waals surface area contributed by atoms with E-state index < -0.39 is 11.6 Å². The molecule has 0 saturated carbocycles. The number of rotatable bonds is 4. The number of piperazine rings is 1. The SMILES string of the molecule is CC1NC(=O)C(C)(C)N(CCCc2ccccc2)C1=O. The molecule has 1 aromatic rings. The fourth-order valence-electron chi connectivity index (χ4n) is 2.54. The topological polar surface area (TPSA) is 49.4 Å². The molecule has 0 bridgehead atoms. The van der Waals surface area contributed by atoms with Gasteiger partial charge in [0.05, 0.1) is 0 Å². The molecule has 0 spiro atoms. The summed E-state index contributed by atoms with van der Waals surface area (Å²) in [4.78, 5) is 26.0. The van der Waals surface area contributed by atoms with Crippen molar-refractivity contribution in [3.63, 3.8) is 0 Å². The van der Waals surface area contributed by atoms with Crippen LogP contribution in [0.25, 0.3) is 0 Å². The number of hydrogen-bond donors (Lipinski definition) is 1. The summed E-state index contributed by atoms with van der Waals surface area (Å²) in [5, 5.41) is 2.73. The summed E-state index contributed by atoms with van der Waals surface area (Å²) < 4.78 is 0. The first-order valence-electron chi connectivity index (χ1n) is 7.09. The molecule has 2 rings (SSSR count). The number of hydrogen-bond acceptors (Lipinski definition) is 2. The number of amides is 2. The van der Waals surface area contributed by atoms with Crippen molar-refractivity contribution in [1.82, 2.24) is 10.2 Å². The van der Waals surface area contributed by atoms with Crippen molar-refractivity contribution in [3.8, 4) is 0 Å². The molecule has 1 aliphatic rings. The Morgan fingerprint density at radius 1 is 1.20 bits per heavy atom. The lowest BCUT2D eigenvalue weighted by molar-refractivity contribution is -0.154. The van der Waals surface area contributed by atoms with Crippen LogP contribution in [0.5, 0.6) is 0 Å². The van der Waals surface area contributed by atoms with E-state index in [0.717, 1.165) is 12.8 Å². The summed E-state index contributed by atoms with van der Waals surface area (Å²) in [7, 11) is 0. The van der Waals surface area contributed by atoms with Gasteiger partial charge in [-0.3, -0.25) is 9.59 Å². The lowest BCUT2D eigenvalue weighted by atomic mass is 9.95. The fourth-order valence-corrected chi connectivity index (χ4v) is 2.54. The molecule has 1 atom stereocenters. The van der Waals surface area contributed by atoms with Gasteiger partial charge in [-0.05, 0) is 39.2 Å². The maximum atomic E-state index is 12.2. The van der Waals surface area contributed by atoms with E-state index in [9.17, 15) is 9.59 Å². The number of nitrogens with one attached hydrogen (secondary N) is 1. The predicted octanol–water partition coefficient (Wildman–Crippen LogP) is 1.74. The second kappa shape index (κ2) is 5.65. The molecule has 4 nitrogen and oxygen atoms in total. The van der Waals surface area contributed by atoms with Crippen LogP contribution in [0.2, 0.25) is 0 Å². The maximum absolute atomic E-state index is 12.2. The van der Waals surface area contributed by atoms with Crippen molar-refractivity contribution >= 4 is 11.8 Å². The number of benzene rings is 1. The van der Waals surface area contributed by atoms with Gasteiger partial charge in [0.1, 0.15) is 11.6 Å². The lowest BCUT2D eigenvalue weighted by Gasteiger charge is -2.43. The highest BCUT2D eigenvalue weighted by molar-refractivity contribution is 5.99. The lowest BCUT2D eigenvalue weighted by Crippen LogP contribution is -2.67. The second-order valence-electron chi connectivity index (χ2n) is 5.83. The van der Waals surface area contributed by atoms with Crippen LogP contribution >= 0.6 is 0 Å². The first kappa shape index (κ1) is 14.6. The van der Waals surface area contributed by atoms with Gasteiger partial charge < -0.3 is 10.2 Å². The van der Waals surface area contributed by atoms with Crippen LogP contribution in [-0.4, -0.2) is 34.8 Å². The van der Waals surface area contributed by atoms with E-state index in [2.05, 4.69) is 17.4 Å². The van der Waals surface area contributed by atoms with Crippen LogP contribution < -0.4 is 5.32 Å². The molecule has 1 heterocycles. The Balaban J connectivity index is 1.99. The molecule has 0 aromatic heterocycles. The Kier molecular flexibility index (Phi) is 4.12. The van der Waals surface area contributed by atoms with Crippen molar-refractivity contribution in [1.29, 1.82) is 0 Å². The van der Waals surface area contributed by atoms with E-state index in [1.54, 1.807) is 25.7 Å². The molecule has 0 aliphatic carbocycles. The molecule has 1 N–H and O–H groups in total. The third-order valence-electron chi connectivity index (χ3n) is 3.90. The molecular formula is C16H22N2O2. The zero-order valence-electron chi connectivity index (χ0n) is 12.3. The molecular weight excluding hydrogens is 252 g/mol. The average Bonchev–Trinajstić information content (AvgIpc) is 2.42. The van der Waals surface area contributed by atoms with Gasteiger partial charge in [-0.25, -0.2) is 0 Å². The van der Waals surface area contributed by atoms with Crippen LogP contribution in [0.3, 0.4) is 0 Å². The van der Waals surface area contributed by atoms with Crippen LogP contribution in [0.15, 0.2) is 30.3 Å². The predicted molar refractivity (Wildman–Crippen MR) is 78.2 cm³/mol. The van der Waals surface area contributed by atoms with E-state index in [-0.39, 0.29) is 11.8 Å². The van der Waals surface area contributed by atoms with E-state index in [4.69, 9.17) is 0 Å². The van der Waals surface area contributed by atoms with Gasteiger partial charge in [-0.1, -0.05) is 30.3 Å². The normalized spacial score (nSPS) is 21.8. The Hall–Kier alpha value is -1.84. The Labute approximate surface area is 120 Å². The summed E-state index contributed by atoms with van der Waals surface area (Å²) in [6.07, 6.45) is 1.77. The third kappa shape index (κ3) is 2.84. The summed E-state index contributed by atoms with van der Waals surface area (Å²) in [5.74, 6) is -0.0769. The van der Waals surface area contributed by atoms with Crippen LogP contribution in [0.4, 0.5) is 0 Å². The Morgan fingerprint density at radius 2 is 1.85 bits per heavy atom. The van der Waals surface area contributed by atoms with Crippen molar-refractivity contribution in [2.45, 2.75) is 45.2 Å². The van der Waals surface area contributed by atoms with E-state index in [0.29, 0.717) is 6.54 Å². The molecule has 4 heteroatoms. The molecule has 108 valence electrons. The molecule has 0 radical (unpaired) electrons. The van der Waals surface area contributed by atoms with E-state index in [1.807, 2.05) is 18.2 Å². The summed E-state index contributed by atoms with van der Waals surface area (Å²) >= 11 is 0. The van der Waals surface area contributed by atoms with Crippen LogP contribution in [0.1, 0.15) is 32.8 Å². The highest BCUT2D eigenvalue weighted by Crippen LogP contribution is 2.21. The Morgan fingerprint density at radius 3 is 2.50 bits per heavy atom. The second-order valence-corrected chi connectivity index (χ2v) is 5.83. The van der Waals surface area contributed by atoms with Crippen molar-refractivity contribution in [2.75, 3.05) is 6.54 Å². The molecule has 1 aliphatic heterocycles. The number of carbonyl (C=O) groups is 2. The van der Waals surface area contributed by atoms with Crippen molar-refractivity contribution in [3.05, 3.63) is 35.9 Å².